The van der Waals surface area contributed by atoms with Crippen LogP contribution in [0.4, 0.5) is 0 Å². The number of benzene rings is 1. The fourth-order valence-electron chi connectivity index (χ4n) is 1.62. The fourth-order valence-corrected chi connectivity index (χ4v) is 1.82. The van der Waals surface area contributed by atoms with Crippen molar-refractivity contribution in [3.63, 3.8) is 0 Å². The summed E-state index contributed by atoms with van der Waals surface area (Å²) >= 11 is 5.86. The maximum Gasteiger partial charge on any atom is 0.257 e. The predicted octanol–water partition coefficient (Wildman–Crippen LogP) is 1.70. The lowest BCUT2D eigenvalue weighted by Gasteiger charge is -2.10. The van der Waals surface area contributed by atoms with Gasteiger partial charge in [-0.3, -0.25) is 4.79 Å². The van der Waals surface area contributed by atoms with Crippen LogP contribution in [0.2, 0.25) is 5.02 Å². The number of nitrogens with two attached hydrogens (primary N) is 1. The second-order valence-electron chi connectivity index (χ2n) is 4.49. The van der Waals surface area contributed by atoms with Crippen LogP contribution in [-0.2, 0) is 11.3 Å². The summed E-state index contributed by atoms with van der Waals surface area (Å²) in [5, 5.41) is 3.45. The van der Waals surface area contributed by atoms with Crippen molar-refractivity contribution in [2.45, 2.75) is 19.4 Å². The highest BCUT2D eigenvalue weighted by Gasteiger charge is 2.21. The number of rotatable bonds is 6. The van der Waals surface area contributed by atoms with E-state index in [0.717, 1.165) is 12.1 Å². The van der Waals surface area contributed by atoms with E-state index in [-0.39, 0.29) is 12.5 Å². The molecule has 98 valence electrons. The average Bonchev–Trinajstić information content (AvgIpc) is 3.18. The van der Waals surface area contributed by atoms with Gasteiger partial charge in [0.25, 0.3) is 5.91 Å². The lowest BCUT2D eigenvalue weighted by molar-refractivity contribution is -0.123. The van der Waals surface area contributed by atoms with Crippen LogP contribution in [0.15, 0.2) is 18.2 Å². The molecular weight excluding hydrogens is 252 g/mol. The first-order valence-corrected chi connectivity index (χ1v) is 6.45. The molecule has 5 heteroatoms. The van der Waals surface area contributed by atoms with Gasteiger partial charge in [-0.1, -0.05) is 11.6 Å². The summed E-state index contributed by atoms with van der Waals surface area (Å²) < 4.78 is 5.45. The van der Waals surface area contributed by atoms with Crippen LogP contribution in [-0.4, -0.2) is 19.1 Å². The van der Waals surface area contributed by atoms with Gasteiger partial charge in [-0.2, -0.15) is 0 Å². The molecule has 0 radical (unpaired) electrons. The number of halogens is 1. The minimum atomic E-state index is -0.0974. The van der Waals surface area contributed by atoms with Crippen molar-refractivity contribution in [1.82, 2.24) is 5.32 Å². The lowest BCUT2D eigenvalue weighted by Crippen LogP contribution is -2.30. The number of hydrogen-bond acceptors (Lipinski definition) is 3. The van der Waals surface area contributed by atoms with Gasteiger partial charge in [-0.25, -0.2) is 0 Å². The molecule has 0 bridgehead atoms. The Morgan fingerprint density at radius 2 is 2.28 bits per heavy atom. The zero-order chi connectivity index (χ0) is 13.0. The quantitative estimate of drug-likeness (QED) is 0.825. The Balaban J connectivity index is 1.82. The molecular formula is C13H17ClN2O2. The molecule has 0 heterocycles. The topological polar surface area (TPSA) is 64.3 Å². The Labute approximate surface area is 111 Å². The molecule has 1 aromatic carbocycles. The molecule has 0 saturated heterocycles. The summed E-state index contributed by atoms with van der Waals surface area (Å²) in [5.74, 6) is 1.19. The Morgan fingerprint density at radius 1 is 1.50 bits per heavy atom. The van der Waals surface area contributed by atoms with E-state index < -0.39 is 0 Å². The summed E-state index contributed by atoms with van der Waals surface area (Å²) in [7, 11) is 0. The first kappa shape index (κ1) is 13.2. The molecule has 2 rings (SSSR count). The normalized spacial score (nSPS) is 14.3. The van der Waals surface area contributed by atoms with Crippen LogP contribution in [0.3, 0.4) is 0 Å². The number of carbonyl (C=O) groups is 1. The number of amides is 1. The monoisotopic (exact) mass is 268 g/mol. The van der Waals surface area contributed by atoms with Crippen molar-refractivity contribution >= 4 is 17.5 Å². The Hall–Kier alpha value is -1.26. The van der Waals surface area contributed by atoms with Crippen LogP contribution in [0.1, 0.15) is 18.4 Å². The van der Waals surface area contributed by atoms with Gasteiger partial charge in [-0.15, -0.1) is 0 Å². The summed E-state index contributed by atoms with van der Waals surface area (Å²) in [6.45, 7) is 1.10. The molecule has 1 amide bonds. The first-order valence-electron chi connectivity index (χ1n) is 6.07. The van der Waals surface area contributed by atoms with Gasteiger partial charge in [0.15, 0.2) is 6.61 Å². The van der Waals surface area contributed by atoms with Crippen molar-refractivity contribution in [3.8, 4) is 5.75 Å². The third-order valence-corrected chi connectivity index (χ3v) is 3.12. The Morgan fingerprint density at radius 3 is 2.94 bits per heavy atom. The molecule has 4 nitrogen and oxygen atoms in total. The van der Waals surface area contributed by atoms with E-state index in [1.165, 1.54) is 12.8 Å². The van der Waals surface area contributed by atoms with E-state index in [9.17, 15) is 4.79 Å². The molecule has 1 aliphatic rings. The molecule has 0 atom stereocenters. The maximum atomic E-state index is 11.5. The number of carbonyl (C=O) groups excluding carboxylic acids is 1. The zero-order valence-corrected chi connectivity index (χ0v) is 10.9. The molecule has 1 saturated carbocycles. The van der Waals surface area contributed by atoms with Crippen LogP contribution < -0.4 is 15.8 Å². The highest BCUT2D eigenvalue weighted by Crippen LogP contribution is 2.27. The molecule has 0 unspecified atom stereocenters. The van der Waals surface area contributed by atoms with Gasteiger partial charge in [0, 0.05) is 23.7 Å². The first-order chi connectivity index (χ1) is 8.69. The molecule has 0 aliphatic heterocycles. The third kappa shape index (κ3) is 3.89. The molecule has 18 heavy (non-hydrogen) atoms. The highest BCUT2D eigenvalue weighted by molar-refractivity contribution is 6.30. The SMILES string of the molecule is NCc1cc(Cl)ccc1OCC(=O)NCC1CC1. The number of ether oxygens (including phenoxy) is 1. The molecule has 3 N–H and O–H groups in total. The van der Waals surface area contributed by atoms with Crippen molar-refractivity contribution in [1.29, 1.82) is 0 Å². The van der Waals surface area contributed by atoms with Crippen molar-refractivity contribution in [2.75, 3.05) is 13.2 Å². The average molecular weight is 269 g/mol. The summed E-state index contributed by atoms with van der Waals surface area (Å²) in [5.41, 5.74) is 6.40. The molecule has 1 aromatic rings. The Bertz CT molecular complexity index is 433. The molecule has 0 aromatic heterocycles. The third-order valence-electron chi connectivity index (χ3n) is 2.89. The summed E-state index contributed by atoms with van der Waals surface area (Å²) in [6, 6.07) is 5.20. The fraction of sp³-hybridized carbons (Fsp3) is 0.462. The number of nitrogens with one attached hydrogen (secondary N) is 1. The smallest absolute Gasteiger partial charge is 0.257 e. The highest BCUT2D eigenvalue weighted by atomic mass is 35.5. The van der Waals surface area contributed by atoms with Gasteiger partial charge in [0.05, 0.1) is 0 Å². The molecule has 1 aliphatic carbocycles. The Kier molecular flexibility index (Phi) is 4.44. The van der Waals surface area contributed by atoms with E-state index in [1.807, 2.05) is 0 Å². The van der Waals surface area contributed by atoms with Gasteiger partial charge in [0.2, 0.25) is 0 Å². The molecule has 1 fully saturated rings. The second-order valence-corrected chi connectivity index (χ2v) is 4.93. The van der Waals surface area contributed by atoms with Gasteiger partial charge in [0.1, 0.15) is 5.75 Å². The lowest BCUT2D eigenvalue weighted by atomic mass is 10.2. The van der Waals surface area contributed by atoms with Crippen molar-refractivity contribution in [3.05, 3.63) is 28.8 Å². The van der Waals surface area contributed by atoms with E-state index in [1.54, 1.807) is 18.2 Å². The van der Waals surface area contributed by atoms with Crippen LogP contribution in [0.5, 0.6) is 5.75 Å². The largest absolute Gasteiger partial charge is 0.483 e. The minimum Gasteiger partial charge on any atom is -0.483 e. The van der Waals surface area contributed by atoms with Crippen molar-refractivity contribution < 1.29 is 9.53 Å². The standard InChI is InChI=1S/C13H17ClN2O2/c14-11-3-4-12(10(5-11)6-15)18-8-13(17)16-7-9-1-2-9/h3-5,9H,1-2,6-8,15H2,(H,16,17). The van der Waals surface area contributed by atoms with Crippen LogP contribution in [0, 0.1) is 5.92 Å². The summed E-state index contributed by atoms with van der Waals surface area (Å²) in [6.07, 6.45) is 2.44. The maximum absolute atomic E-state index is 11.5. The summed E-state index contributed by atoms with van der Waals surface area (Å²) in [4.78, 5) is 11.5. The minimum absolute atomic E-state index is 0.0152. The van der Waals surface area contributed by atoms with E-state index >= 15 is 0 Å². The van der Waals surface area contributed by atoms with E-state index in [0.29, 0.717) is 23.2 Å². The van der Waals surface area contributed by atoms with Crippen molar-refractivity contribution in [2.24, 2.45) is 11.7 Å². The van der Waals surface area contributed by atoms with Gasteiger partial charge >= 0.3 is 0 Å². The van der Waals surface area contributed by atoms with Crippen LogP contribution >= 0.6 is 11.6 Å². The van der Waals surface area contributed by atoms with E-state index in [2.05, 4.69) is 5.32 Å². The van der Waals surface area contributed by atoms with Crippen LogP contribution in [0.25, 0.3) is 0 Å². The van der Waals surface area contributed by atoms with Gasteiger partial charge in [-0.05, 0) is 37.0 Å². The number of hydrogen-bond donors (Lipinski definition) is 2. The zero-order valence-electron chi connectivity index (χ0n) is 10.1. The van der Waals surface area contributed by atoms with E-state index in [4.69, 9.17) is 22.1 Å². The second kappa shape index (κ2) is 6.07. The molecule has 0 spiro atoms. The van der Waals surface area contributed by atoms with Gasteiger partial charge < -0.3 is 15.8 Å². The predicted molar refractivity (Wildman–Crippen MR) is 70.6 cm³/mol.